The molecule has 9 heteroatoms. The Bertz CT molecular complexity index is 802. The molecule has 0 aliphatic rings. The fourth-order valence-electron chi connectivity index (χ4n) is 2.57. The summed E-state index contributed by atoms with van der Waals surface area (Å²) in [6.45, 7) is 0.520. The van der Waals surface area contributed by atoms with Gasteiger partial charge in [0.2, 0.25) is 0 Å². The second kappa shape index (κ2) is 10.9. The van der Waals surface area contributed by atoms with Crippen molar-refractivity contribution in [1.29, 1.82) is 0 Å². The summed E-state index contributed by atoms with van der Waals surface area (Å²) in [7, 11) is -2.40. The molecule has 0 aromatic heterocycles. The molecule has 2 aromatic rings. The molecule has 0 saturated carbocycles. The van der Waals surface area contributed by atoms with E-state index < -0.39 is 16.0 Å². The van der Waals surface area contributed by atoms with Crippen LogP contribution in [0.25, 0.3) is 0 Å². The van der Waals surface area contributed by atoms with Gasteiger partial charge in [0.25, 0.3) is 10.2 Å². The lowest BCUT2D eigenvalue weighted by Crippen LogP contribution is -2.44. The standard InChI is InChI=1S/C18H23ClFN3O2S.ClH/c1-22(14-16-17(19)8-5-9-18(16)20)26(24,25)23(13-11-21)12-10-15-6-3-2-4-7-15;/h2-9H,10-14,21H2,1H3;1H. The largest absolute Gasteiger partial charge is 0.329 e. The van der Waals surface area contributed by atoms with Crippen molar-refractivity contribution < 1.29 is 12.8 Å². The fraction of sp³-hybridized carbons (Fsp3) is 0.333. The van der Waals surface area contributed by atoms with Crippen molar-refractivity contribution in [2.24, 2.45) is 5.73 Å². The zero-order valence-electron chi connectivity index (χ0n) is 15.0. The molecular weight excluding hydrogens is 412 g/mol. The summed E-state index contributed by atoms with van der Waals surface area (Å²) in [5.41, 5.74) is 6.77. The van der Waals surface area contributed by atoms with Gasteiger partial charge in [0, 0.05) is 43.8 Å². The fourth-order valence-corrected chi connectivity index (χ4v) is 4.14. The second-order valence-electron chi connectivity index (χ2n) is 5.89. The van der Waals surface area contributed by atoms with Crippen molar-refractivity contribution in [3.05, 3.63) is 70.5 Å². The van der Waals surface area contributed by atoms with Crippen LogP contribution >= 0.6 is 24.0 Å². The summed E-state index contributed by atoms with van der Waals surface area (Å²) in [5.74, 6) is -0.533. The highest BCUT2D eigenvalue weighted by Gasteiger charge is 2.27. The van der Waals surface area contributed by atoms with Crippen molar-refractivity contribution in [3.8, 4) is 0 Å². The minimum Gasteiger partial charge on any atom is -0.329 e. The molecule has 0 spiro atoms. The van der Waals surface area contributed by atoms with Crippen LogP contribution in [0, 0.1) is 5.82 Å². The van der Waals surface area contributed by atoms with E-state index in [4.69, 9.17) is 17.3 Å². The van der Waals surface area contributed by atoms with Crippen LogP contribution in [0.3, 0.4) is 0 Å². The lowest BCUT2D eigenvalue weighted by atomic mass is 10.1. The molecule has 27 heavy (non-hydrogen) atoms. The van der Waals surface area contributed by atoms with Crippen molar-refractivity contribution in [3.63, 3.8) is 0 Å². The monoisotopic (exact) mass is 435 g/mol. The summed E-state index contributed by atoms with van der Waals surface area (Å²) in [4.78, 5) is 0. The second-order valence-corrected chi connectivity index (χ2v) is 8.33. The summed E-state index contributed by atoms with van der Waals surface area (Å²) >= 11 is 6.01. The van der Waals surface area contributed by atoms with Crippen LogP contribution < -0.4 is 5.73 Å². The lowest BCUT2D eigenvalue weighted by Gasteiger charge is -2.27. The highest BCUT2D eigenvalue weighted by molar-refractivity contribution is 7.86. The van der Waals surface area contributed by atoms with Gasteiger partial charge in [-0.1, -0.05) is 48.0 Å². The molecule has 2 aromatic carbocycles. The molecular formula is C18H24Cl2FN3O2S. The SMILES string of the molecule is CN(Cc1c(F)cccc1Cl)S(=O)(=O)N(CCN)CCc1ccccc1.Cl. The first-order valence-electron chi connectivity index (χ1n) is 8.24. The first-order chi connectivity index (χ1) is 12.4. The van der Waals surface area contributed by atoms with Gasteiger partial charge in [0.1, 0.15) is 5.82 Å². The maximum absolute atomic E-state index is 14.0. The first kappa shape index (κ1) is 23.8. The number of benzene rings is 2. The van der Waals surface area contributed by atoms with Crippen LogP contribution in [0.15, 0.2) is 48.5 Å². The van der Waals surface area contributed by atoms with E-state index in [1.165, 1.54) is 29.6 Å². The van der Waals surface area contributed by atoms with Gasteiger partial charge in [-0.3, -0.25) is 0 Å². The van der Waals surface area contributed by atoms with E-state index in [2.05, 4.69) is 0 Å². The molecule has 0 radical (unpaired) electrons. The maximum Gasteiger partial charge on any atom is 0.282 e. The van der Waals surface area contributed by atoms with Gasteiger partial charge in [0.05, 0.1) is 0 Å². The van der Waals surface area contributed by atoms with Gasteiger partial charge in [0.15, 0.2) is 0 Å². The van der Waals surface area contributed by atoms with Crippen LogP contribution in [0.4, 0.5) is 4.39 Å². The van der Waals surface area contributed by atoms with Crippen molar-refractivity contribution in [2.75, 3.05) is 26.7 Å². The molecule has 0 fully saturated rings. The number of hydrogen-bond donors (Lipinski definition) is 1. The Morgan fingerprint density at radius 2 is 1.74 bits per heavy atom. The van der Waals surface area contributed by atoms with Crippen LogP contribution in [0.1, 0.15) is 11.1 Å². The predicted octanol–water partition coefficient (Wildman–Crippen LogP) is 3.08. The first-order valence-corrected chi connectivity index (χ1v) is 10.0. The Hall–Kier alpha value is -1.22. The summed E-state index contributed by atoms with van der Waals surface area (Å²) in [6, 6.07) is 13.9. The van der Waals surface area contributed by atoms with E-state index in [0.717, 1.165) is 9.87 Å². The number of hydrogen-bond acceptors (Lipinski definition) is 3. The Kier molecular flexibility index (Phi) is 9.66. The molecule has 0 heterocycles. The van der Waals surface area contributed by atoms with E-state index in [0.29, 0.717) is 13.0 Å². The van der Waals surface area contributed by atoms with E-state index in [-0.39, 0.29) is 42.6 Å². The smallest absolute Gasteiger partial charge is 0.282 e. The third-order valence-corrected chi connectivity index (χ3v) is 6.32. The normalized spacial score (nSPS) is 11.6. The van der Waals surface area contributed by atoms with Crippen LogP contribution in [0.2, 0.25) is 5.02 Å². The van der Waals surface area contributed by atoms with Crippen molar-refractivity contribution in [1.82, 2.24) is 8.61 Å². The molecule has 5 nitrogen and oxygen atoms in total. The van der Waals surface area contributed by atoms with E-state index in [1.54, 1.807) is 0 Å². The quantitative estimate of drug-likeness (QED) is 0.657. The van der Waals surface area contributed by atoms with Crippen molar-refractivity contribution in [2.45, 2.75) is 13.0 Å². The Morgan fingerprint density at radius 1 is 1.07 bits per heavy atom. The third-order valence-electron chi connectivity index (χ3n) is 4.03. The van der Waals surface area contributed by atoms with Gasteiger partial charge >= 0.3 is 0 Å². The molecule has 2 rings (SSSR count). The molecule has 0 aliphatic carbocycles. The molecule has 0 bridgehead atoms. The van der Waals surface area contributed by atoms with Crippen LogP contribution in [-0.4, -0.2) is 43.7 Å². The lowest BCUT2D eigenvalue weighted by molar-refractivity contribution is 0.360. The average molecular weight is 436 g/mol. The number of nitrogens with two attached hydrogens (primary N) is 1. The minimum absolute atomic E-state index is 0. The summed E-state index contributed by atoms with van der Waals surface area (Å²) in [6.07, 6.45) is 0.564. The Labute approximate surface area is 171 Å². The van der Waals surface area contributed by atoms with Gasteiger partial charge in [-0.05, 0) is 24.1 Å². The topological polar surface area (TPSA) is 66.6 Å². The average Bonchev–Trinajstić information content (AvgIpc) is 2.62. The summed E-state index contributed by atoms with van der Waals surface area (Å²) < 4.78 is 42.2. The number of nitrogens with zero attached hydrogens (tertiary/aromatic N) is 2. The summed E-state index contributed by atoms with van der Waals surface area (Å²) in [5, 5.41) is 0.196. The molecule has 0 atom stereocenters. The van der Waals surface area contributed by atoms with E-state index in [1.807, 2.05) is 30.3 Å². The van der Waals surface area contributed by atoms with Gasteiger partial charge in [-0.25, -0.2) is 4.39 Å². The number of rotatable bonds is 9. The van der Waals surface area contributed by atoms with Gasteiger partial charge < -0.3 is 5.73 Å². The molecule has 0 amide bonds. The highest BCUT2D eigenvalue weighted by Crippen LogP contribution is 2.22. The molecule has 0 unspecified atom stereocenters. The molecule has 0 aliphatic heterocycles. The van der Waals surface area contributed by atoms with Gasteiger partial charge in [-0.15, -0.1) is 12.4 Å². The number of halogens is 3. The predicted molar refractivity (Wildman–Crippen MR) is 110 cm³/mol. The van der Waals surface area contributed by atoms with Crippen molar-refractivity contribution >= 4 is 34.2 Å². The Balaban J connectivity index is 0.00000364. The third kappa shape index (κ3) is 6.41. The zero-order valence-corrected chi connectivity index (χ0v) is 17.4. The maximum atomic E-state index is 14.0. The van der Waals surface area contributed by atoms with Crippen LogP contribution in [0.5, 0.6) is 0 Å². The van der Waals surface area contributed by atoms with E-state index in [9.17, 15) is 12.8 Å². The van der Waals surface area contributed by atoms with E-state index >= 15 is 0 Å². The van der Waals surface area contributed by atoms with Crippen LogP contribution in [-0.2, 0) is 23.2 Å². The zero-order chi connectivity index (χ0) is 19.2. The molecule has 2 N–H and O–H groups in total. The minimum atomic E-state index is -3.80. The molecule has 150 valence electrons. The highest BCUT2D eigenvalue weighted by atomic mass is 35.5. The van der Waals surface area contributed by atoms with Gasteiger partial charge in [-0.2, -0.15) is 17.0 Å². The molecule has 0 saturated heterocycles. The Morgan fingerprint density at radius 3 is 2.33 bits per heavy atom.